The van der Waals surface area contributed by atoms with Gasteiger partial charge in [0.1, 0.15) is 5.82 Å². The molecule has 128 valence electrons. The molecule has 3 heterocycles. The SMILES string of the molecule is c1ccc(CN2CCCC2)c(CNc2cncc(-n3cccn3)n2)c1. The Morgan fingerprint density at radius 3 is 2.64 bits per heavy atom. The lowest BCUT2D eigenvalue weighted by molar-refractivity contribution is 0.330. The van der Waals surface area contributed by atoms with Gasteiger partial charge in [0.25, 0.3) is 0 Å². The van der Waals surface area contributed by atoms with Gasteiger partial charge in [-0.05, 0) is 43.1 Å². The largest absolute Gasteiger partial charge is 0.365 e. The van der Waals surface area contributed by atoms with Gasteiger partial charge in [-0.1, -0.05) is 24.3 Å². The first-order chi connectivity index (χ1) is 12.4. The highest BCUT2D eigenvalue weighted by atomic mass is 15.3. The standard InChI is InChI=1S/C19H22N6/c1-2-7-17(15-24-9-3-4-10-24)16(6-1)12-21-18-13-20-14-19(23-18)25-11-5-8-22-25/h1-2,5-8,11,13-14H,3-4,9-10,12,15H2,(H,21,23). The number of likely N-dealkylation sites (tertiary alicyclic amines) is 1. The zero-order chi connectivity index (χ0) is 16.9. The van der Waals surface area contributed by atoms with Crippen molar-refractivity contribution in [2.45, 2.75) is 25.9 Å². The summed E-state index contributed by atoms with van der Waals surface area (Å²) in [5, 5.41) is 7.59. The molecular formula is C19H22N6. The Kier molecular flexibility index (Phi) is 4.70. The molecule has 0 saturated carbocycles. The van der Waals surface area contributed by atoms with Gasteiger partial charge in [0.2, 0.25) is 0 Å². The number of benzene rings is 1. The maximum Gasteiger partial charge on any atom is 0.173 e. The Hall–Kier alpha value is -2.73. The molecule has 2 aromatic heterocycles. The molecule has 1 saturated heterocycles. The highest BCUT2D eigenvalue weighted by Gasteiger charge is 2.13. The summed E-state index contributed by atoms with van der Waals surface area (Å²) in [5.41, 5.74) is 2.69. The van der Waals surface area contributed by atoms with E-state index in [1.165, 1.54) is 37.1 Å². The summed E-state index contributed by atoms with van der Waals surface area (Å²) in [5.74, 6) is 1.46. The predicted molar refractivity (Wildman–Crippen MR) is 97.4 cm³/mol. The molecule has 0 radical (unpaired) electrons. The van der Waals surface area contributed by atoms with Crippen LogP contribution in [0.15, 0.2) is 55.1 Å². The van der Waals surface area contributed by atoms with Crippen LogP contribution in [-0.2, 0) is 13.1 Å². The van der Waals surface area contributed by atoms with Crippen molar-refractivity contribution in [1.82, 2.24) is 24.6 Å². The third kappa shape index (κ3) is 3.85. The van der Waals surface area contributed by atoms with E-state index in [0.29, 0.717) is 5.82 Å². The van der Waals surface area contributed by atoms with E-state index in [2.05, 4.69) is 49.5 Å². The van der Waals surface area contributed by atoms with Crippen molar-refractivity contribution >= 4 is 5.82 Å². The van der Waals surface area contributed by atoms with E-state index in [1.54, 1.807) is 23.3 Å². The molecule has 3 aromatic rings. The summed E-state index contributed by atoms with van der Waals surface area (Å²) in [6, 6.07) is 10.5. The first-order valence-corrected chi connectivity index (χ1v) is 8.73. The first kappa shape index (κ1) is 15.8. The van der Waals surface area contributed by atoms with Crippen LogP contribution in [0.4, 0.5) is 5.82 Å². The fraction of sp³-hybridized carbons (Fsp3) is 0.316. The molecule has 4 rings (SSSR count). The Bertz CT molecular complexity index is 808. The Labute approximate surface area is 147 Å². The van der Waals surface area contributed by atoms with E-state index in [4.69, 9.17) is 0 Å². The zero-order valence-corrected chi connectivity index (χ0v) is 14.2. The Morgan fingerprint density at radius 2 is 1.84 bits per heavy atom. The summed E-state index contributed by atoms with van der Waals surface area (Å²) >= 11 is 0. The Balaban J connectivity index is 1.45. The maximum absolute atomic E-state index is 4.58. The van der Waals surface area contributed by atoms with Crippen molar-refractivity contribution in [3.63, 3.8) is 0 Å². The van der Waals surface area contributed by atoms with Crippen LogP contribution in [0.2, 0.25) is 0 Å². The molecule has 6 nitrogen and oxygen atoms in total. The third-order valence-electron chi connectivity index (χ3n) is 4.53. The van der Waals surface area contributed by atoms with Crippen molar-refractivity contribution in [2.24, 2.45) is 0 Å². The predicted octanol–water partition coefficient (Wildman–Crippen LogP) is 2.87. The molecule has 1 aliphatic heterocycles. The van der Waals surface area contributed by atoms with Crippen LogP contribution in [0.1, 0.15) is 24.0 Å². The topological polar surface area (TPSA) is 58.9 Å². The van der Waals surface area contributed by atoms with Gasteiger partial charge in [-0.25, -0.2) is 9.67 Å². The van der Waals surface area contributed by atoms with Crippen molar-refractivity contribution in [3.05, 3.63) is 66.2 Å². The number of rotatable bonds is 6. The molecule has 0 atom stereocenters. The molecule has 25 heavy (non-hydrogen) atoms. The molecule has 6 heteroatoms. The number of hydrogen-bond acceptors (Lipinski definition) is 5. The Morgan fingerprint density at radius 1 is 1.00 bits per heavy atom. The molecule has 0 spiro atoms. The van der Waals surface area contributed by atoms with E-state index >= 15 is 0 Å². The van der Waals surface area contributed by atoms with Crippen molar-refractivity contribution in [1.29, 1.82) is 0 Å². The number of nitrogens with one attached hydrogen (secondary N) is 1. The summed E-state index contributed by atoms with van der Waals surface area (Å²) in [6.07, 6.45) is 9.68. The molecule has 1 aliphatic rings. The number of nitrogens with zero attached hydrogens (tertiary/aromatic N) is 5. The second kappa shape index (κ2) is 7.44. The van der Waals surface area contributed by atoms with Crippen molar-refractivity contribution < 1.29 is 0 Å². The summed E-state index contributed by atoms with van der Waals surface area (Å²) in [7, 11) is 0. The van der Waals surface area contributed by atoms with Gasteiger partial charge in [0.15, 0.2) is 5.82 Å². The lowest BCUT2D eigenvalue weighted by atomic mass is 10.1. The smallest absolute Gasteiger partial charge is 0.173 e. The van der Waals surface area contributed by atoms with E-state index in [0.717, 1.165) is 18.9 Å². The van der Waals surface area contributed by atoms with Crippen LogP contribution >= 0.6 is 0 Å². The van der Waals surface area contributed by atoms with Gasteiger partial charge >= 0.3 is 0 Å². The van der Waals surface area contributed by atoms with Gasteiger partial charge in [-0.3, -0.25) is 9.88 Å². The lowest BCUT2D eigenvalue weighted by Crippen LogP contribution is -2.19. The second-order valence-corrected chi connectivity index (χ2v) is 6.32. The van der Waals surface area contributed by atoms with Crippen molar-refractivity contribution in [2.75, 3.05) is 18.4 Å². The molecule has 1 aromatic carbocycles. The molecular weight excluding hydrogens is 312 g/mol. The summed E-state index contributed by atoms with van der Waals surface area (Å²) < 4.78 is 1.71. The number of hydrogen-bond donors (Lipinski definition) is 1. The highest BCUT2D eigenvalue weighted by molar-refractivity contribution is 5.38. The molecule has 0 amide bonds. The first-order valence-electron chi connectivity index (χ1n) is 8.73. The normalized spacial score (nSPS) is 14.7. The van der Waals surface area contributed by atoms with Gasteiger partial charge in [0, 0.05) is 25.5 Å². The van der Waals surface area contributed by atoms with Gasteiger partial charge in [-0.2, -0.15) is 5.10 Å². The number of anilines is 1. The average molecular weight is 334 g/mol. The number of aromatic nitrogens is 4. The van der Waals surface area contributed by atoms with Crippen LogP contribution < -0.4 is 5.32 Å². The quantitative estimate of drug-likeness (QED) is 0.751. The van der Waals surface area contributed by atoms with Gasteiger partial charge in [-0.15, -0.1) is 0 Å². The molecule has 0 unspecified atom stereocenters. The fourth-order valence-corrected chi connectivity index (χ4v) is 3.21. The minimum atomic E-state index is 0.709. The van der Waals surface area contributed by atoms with E-state index in [9.17, 15) is 0 Å². The monoisotopic (exact) mass is 334 g/mol. The summed E-state index contributed by atoms with van der Waals surface area (Å²) in [4.78, 5) is 11.4. The lowest BCUT2D eigenvalue weighted by Gasteiger charge is -2.18. The molecule has 0 aliphatic carbocycles. The fourth-order valence-electron chi connectivity index (χ4n) is 3.21. The van der Waals surface area contributed by atoms with Crippen LogP contribution in [0.5, 0.6) is 0 Å². The van der Waals surface area contributed by atoms with Gasteiger partial charge < -0.3 is 5.32 Å². The molecule has 0 bridgehead atoms. The second-order valence-electron chi connectivity index (χ2n) is 6.32. The van der Waals surface area contributed by atoms with E-state index in [1.807, 2.05) is 12.3 Å². The summed E-state index contributed by atoms with van der Waals surface area (Å²) in [6.45, 7) is 4.18. The zero-order valence-electron chi connectivity index (χ0n) is 14.2. The van der Waals surface area contributed by atoms with Crippen LogP contribution in [0, 0.1) is 0 Å². The van der Waals surface area contributed by atoms with E-state index in [-0.39, 0.29) is 0 Å². The highest BCUT2D eigenvalue weighted by Crippen LogP contribution is 2.17. The average Bonchev–Trinajstić information content (AvgIpc) is 3.35. The maximum atomic E-state index is 4.58. The third-order valence-corrected chi connectivity index (χ3v) is 4.53. The van der Waals surface area contributed by atoms with Crippen LogP contribution in [0.3, 0.4) is 0 Å². The van der Waals surface area contributed by atoms with Crippen LogP contribution in [0.25, 0.3) is 5.82 Å². The molecule has 1 fully saturated rings. The van der Waals surface area contributed by atoms with Crippen molar-refractivity contribution in [3.8, 4) is 5.82 Å². The molecule has 1 N–H and O–H groups in total. The minimum Gasteiger partial charge on any atom is -0.365 e. The minimum absolute atomic E-state index is 0.709. The van der Waals surface area contributed by atoms with E-state index < -0.39 is 0 Å². The van der Waals surface area contributed by atoms with Crippen LogP contribution in [-0.4, -0.2) is 37.7 Å². The van der Waals surface area contributed by atoms with Gasteiger partial charge in [0.05, 0.1) is 12.4 Å².